The van der Waals surface area contributed by atoms with Gasteiger partial charge in [-0.15, -0.1) is 5.10 Å². The minimum atomic E-state index is 0.304. The largest absolute Gasteiger partial charge is 0.409 e. The van der Waals surface area contributed by atoms with Crippen molar-refractivity contribution in [2.75, 3.05) is 0 Å². The fraction of sp³-hybridized carbons (Fsp3) is 0.273. The van der Waals surface area contributed by atoms with Crippen LogP contribution in [0.25, 0.3) is 11.5 Å². The fourth-order valence-electron chi connectivity index (χ4n) is 1.36. The Morgan fingerprint density at radius 3 is 2.40 bits per heavy atom. The van der Waals surface area contributed by atoms with E-state index in [0.29, 0.717) is 16.6 Å². The van der Waals surface area contributed by atoms with E-state index in [2.05, 4.69) is 36.2 Å². The van der Waals surface area contributed by atoms with E-state index in [1.165, 1.54) is 5.56 Å². The molecule has 4 heteroatoms. The van der Waals surface area contributed by atoms with Gasteiger partial charge in [-0.3, -0.25) is 0 Å². The van der Waals surface area contributed by atoms with Gasteiger partial charge in [0.25, 0.3) is 4.84 Å². The molecule has 1 heterocycles. The summed E-state index contributed by atoms with van der Waals surface area (Å²) in [6.45, 7) is 4.32. The third-order valence-electron chi connectivity index (χ3n) is 2.26. The second kappa shape index (κ2) is 3.98. The molecule has 0 atom stereocenters. The van der Waals surface area contributed by atoms with E-state index in [0.717, 1.165) is 5.56 Å². The summed E-state index contributed by atoms with van der Waals surface area (Å²) >= 11 is 4.82. The van der Waals surface area contributed by atoms with Gasteiger partial charge in [-0.1, -0.05) is 26.0 Å². The Kier molecular flexibility index (Phi) is 2.68. The number of hydrogen-bond acceptors (Lipinski definition) is 3. The topological polar surface area (TPSA) is 41.8 Å². The molecule has 2 rings (SSSR count). The number of aromatic amines is 1. The van der Waals surface area contributed by atoms with Gasteiger partial charge in [-0.2, -0.15) is 0 Å². The molecule has 0 saturated heterocycles. The summed E-state index contributed by atoms with van der Waals surface area (Å²) in [5.74, 6) is 1.07. The molecular formula is C11H12N2OS. The SMILES string of the molecule is CC(C)c1ccc(-c2n[nH]c(=S)o2)cc1. The summed E-state index contributed by atoms with van der Waals surface area (Å²) in [7, 11) is 0. The van der Waals surface area contributed by atoms with Gasteiger partial charge in [0.1, 0.15) is 0 Å². The first kappa shape index (κ1) is 10.1. The summed E-state index contributed by atoms with van der Waals surface area (Å²) in [5.41, 5.74) is 2.24. The van der Waals surface area contributed by atoms with Crippen molar-refractivity contribution in [3.8, 4) is 11.5 Å². The molecule has 0 radical (unpaired) electrons. The van der Waals surface area contributed by atoms with Gasteiger partial charge in [0.15, 0.2) is 0 Å². The van der Waals surface area contributed by atoms with Gasteiger partial charge in [0.05, 0.1) is 0 Å². The van der Waals surface area contributed by atoms with Crippen molar-refractivity contribution in [3.63, 3.8) is 0 Å². The van der Waals surface area contributed by atoms with Gasteiger partial charge >= 0.3 is 0 Å². The number of nitrogens with zero attached hydrogens (tertiary/aromatic N) is 1. The molecule has 3 nitrogen and oxygen atoms in total. The van der Waals surface area contributed by atoms with Crippen LogP contribution in [0.4, 0.5) is 0 Å². The normalized spacial score (nSPS) is 10.9. The molecule has 0 unspecified atom stereocenters. The summed E-state index contributed by atoms with van der Waals surface area (Å²) in [6, 6.07) is 8.13. The lowest BCUT2D eigenvalue weighted by atomic mass is 10.0. The van der Waals surface area contributed by atoms with E-state index >= 15 is 0 Å². The van der Waals surface area contributed by atoms with E-state index in [1.54, 1.807) is 0 Å². The number of benzene rings is 1. The standard InChI is InChI=1S/C11H12N2OS/c1-7(2)8-3-5-9(6-4-8)10-12-13-11(15)14-10/h3-7H,1-2H3,(H,13,15). The number of hydrogen-bond donors (Lipinski definition) is 1. The molecule has 1 N–H and O–H groups in total. The Labute approximate surface area is 93.1 Å². The molecule has 15 heavy (non-hydrogen) atoms. The fourth-order valence-corrected chi connectivity index (χ4v) is 1.49. The minimum Gasteiger partial charge on any atom is -0.409 e. The number of rotatable bonds is 2. The first-order chi connectivity index (χ1) is 7.16. The summed E-state index contributed by atoms with van der Waals surface area (Å²) in [4.78, 5) is 0.304. The second-order valence-corrected chi connectivity index (χ2v) is 4.07. The number of aromatic nitrogens is 2. The summed E-state index contributed by atoms with van der Waals surface area (Å²) in [6.07, 6.45) is 0. The van der Waals surface area contributed by atoms with Crippen LogP contribution in [0.15, 0.2) is 28.7 Å². The highest BCUT2D eigenvalue weighted by atomic mass is 32.1. The Morgan fingerprint density at radius 1 is 1.27 bits per heavy atom. The Morgan fingerprint density at radius 2 is 1.93 bits per heavy atom. The lowest BCUT2D eigenvalue weighted by Crippen LogP contribution is -1.86. The Balaban J connectivity index is 2.35. The van der Waals surface area contributed by atoms with Crippen molar-refractivity contribution < 1.29 is 4.42 Å². The predicted octanol–water partition coefficient (Wildman–Crippen LogP) is 3.52. The van der Waals surface area contributed by atoms with E-state index in [9.17, 15) is 0 Å². The first-order valence-corrected chi connectivity index (χ1v) is 5.23. The molecule has 1 aromatic heterocycles. The number of nitrogens with one attached hydrogen (secondary N) is 1. The molecule has 0 amide bonds. The zero-order valence-corrected chi connectivity index (χ0v) is 9.47. The lowest BCUT2D eigenvalue weighted by molar-refractivity contribution is 0.552. The van der Waals surface area contributed by atoms with Crippen LogP contribution < -0.4 is 0 Å². The molecule has 0 saturated carbocycles. The maximum absolute atomic E-state index is 5.22. The van der Waals surface area contributed by atoms with Gasteiger partial charge in [0.2, 0.25) is 5.89 Å². The summed E-state index contributed by atoms with van der Waals surface area (Å²) in [5, 5.41) is 6.57. The molecule has 1 aromatic carbocycles. The van der Waals surface area contributed by atoms with Gasteiger partial charge in [0, 0.05) is 5.56 Å². The molecule has 0 bridgehead atoms. The monoisotopic (exact) mass is 220 g/mol. The second-order valence-electron chi connectivity index (χ2n) is 3.69. The van der Waals surface area contributed by atoms with Crippen molar-refractivity contribution in [1.29, 1.82) is 0 Å². The van der Waals surface area contributed by atoms with Crippen LogP contribution in [-0.2, 0) is 0 Å². The van der Waals surface area contributed by atoms with Gasteiger partial charge in [-0.05, 0) is 35.8 Å². The maximum Gasteiger partial charge on any atom is 0.284 e. The third kappa shape index (κ3) is 2.15. The maximum atomic E-state index is 5.22. The zero-order chi connectivity index (χ0) is 10.8. The predicted molar refractivity (Wildman–Crippen MR) is 61.2 cm³/mol. The van der Waals surface area contributed by atoms with E-state index in [1.807, 2.05) is 12.1 Å². The van der Waals surface area contributed by atoms with E-state index in [-0.39, 0.29) is 0 Å². The van der Waals surface area contributed by atoms with Crippen molar-refractivity contribution >= 4 is 12.2 Å². The van der Waals surface area contributed by atoms with Crippen molar-refractivity contribution in [2.24, 2.45) is 0 Å². The molecule has 0 aliphatic rings. The van der Waals surface area contributed by atoms with Gasteiger partial charge < -0.3 is 4.42 Å². The van der Waals surface area contributed by atoms with Crippen LogP contribution in [-0.4, -0.2) is 10.2 Å². The molecule has 78 valence electrons. The zero-order valence-electron chi connectivity index (χ0n) is 8.65. The van der Waals surface area contributed by atoms with Crippen LogP contribution in [0.1, 0.15) is 25.3 Å². The van der Waals surface area contributed by atoms with Crippen molar-refractivity contribution in [3.05, 3.63) is 34.7 Å². The van der Waals surface area contributed by atoms with Crippen LogP contribution in [0.2, 0.25) is 0 Å². The van der Waals surface area contributed by atoms with Gasteiger partial charge in [-0.25, -0.2) is 5.10 Å². The highest BCUT2D eigenvalue weighted by molar-refractivity contribution is 7.71. The first-order valence-electron chi connectivity index (χ1n) is 4.82. The molecule has 0 aliphatic carbocycles. The van der Waals surface area contributed by atoms with Crippen molar-refractivity contribution in [2.45, 2.75) is 19.8 Å². The Bertz CT molecular complexity index is 496. The molecule has 0 spiro atoms. The van der Waals surface area contributed by atoms with E-state index in [4.69, 9.17) is 16.6 Å². The number of H-pyrrole nitrogens is 1. The average Bonchev–Trinajstić information content (AvgIpc) is 2.65. The molecular weight excluding hydrogens is 208 g/mol. The highest BCUT2D eigenvalue weighted by Crippen LogP contribution is 2.20. The third-order valence-corrected chi connectivity index (χ3v) is 2.44. The van der Waals surface area contributed by atoms with Crippen molar-refractivity contribution in [1.82, 2.24) is 10.2 Å². The molecule has 0 aliphatic heterocycles. The van der Waals surface area contributed by atoms with Crippen LogP contribution in [0.3, 0.4) is 0 Å². The summed E-state index contributed by atoms with van der Waals surface area (Å²) < 4.78 is 5.22. The quantitative estimate of drug-likeness (QED) is 0.787. The van der Waals surface area contributed by atoms with Crippen LogP contribution in [0, 0.1) is 4.84 Å². The van der Waals surface area contributed by atoms with Crippen LogP contribution >= 0.6 is 12.2 Å². The Hall–Kier alpha value is -1.42. The minimum absolute atomic E-state index is 0.304. The smallest absolute Gasteiger partial charge is 0.284 e. The highest BCUT2D eigenvalue weighted by Gasteiger charge is 2.04. The lowest BCUT2D eigenvalue weighted by Gasteiger charge is -2.04. The van der Waals surface area contributed by atoms with Crippen LogP contribution in [0.5, 0.6) is 0 Å². The molecule has 2 aromatic rings. The molecule has 0 fully saturated rings. The van der Waals surface area contributed by atoms with E-state index < -0.39 is 0 Å². The average molecular weight is 220 g/mol.